The summed E-state index contributed by atoms with van der Waals surface area (Å²) in [5, 5.41) is 0. The number of hydrogen-bond acceptors (Lipinski definition) is 1. The molecule has 0 atom stereocenters. The number of hydrogen-bond donors (Lipinski definition) is 0. The quantitative estimate of drug-likeness (QED) is 0.283. The van der Waals surface area contributed by atoms with Gasteiger partial charge in [-0.05, 0) is 18.6 Å². The second kappa shape index (κ2) is 15.5. The molecule has 0 spiro atoms. The largest absolute Gasteiger partial charge is 0.354 e. The van der Waals surface area contributed by atoms with Crippen LogP contribution in [-0.4, -0.2) is 10.4 Å². The van der Waals surface area contributed by atoms with Crippen LogP contribution < -0.4 is 0 Å². The van der Waals surface area contributed by atoms with Crippen LogP contribution in [0.4, 0.5) is 0 Å². The van der Waals surface area contributed by atoms with E-state index in [1.165, 1.54) is 77.0 Å². The van der Waals surface area contributed by atoms with Crippen LogP contribution in [0.15, 0.2) is 24.5 Å². The maximum absolute atomic E-state index is 11.8. The summed E-state index contributed by atoms with van der Waals surface area (Å²) in [5.74, 6) is 0.423. The monoisotopic (exact) mass is 333 g/mol. The maximum Gasteiger partial charge on any atom is 0.134 e. The zero-order valence-corrected chi connectivity index (χ0v) is 16.0. The first-order valence-corrected chi connectivity index (χ1v) is 10.5. The highest BCUT2D eigenvalue weighted by atomic mass is 16.1. The van der Waals surface area contributed by atoms with E-state index in [1.807, 2.05) is 24.5 Å². The molecule has 0 fully saturated rings. The van der Waals surface area contributed by atoms with E-state index in [9.17, 15) is 4.79 Å². The molecule has 0 aliphatic heterocycles. The fourth-order valence-electron chi connectivity index (χ4n) is 3.24. The first-order chi connectivity index (χ1) is 11.8. The second-order valence-corrected chi connectivity index (χ2v) is 7.20. The van der Waals surface area contributed by atoms with Gasteiger partial charge in [-0.2, -0.15) is 0 Å². The van der Waals surface area contributed by atoms with Crippen molar-refractivity contribution in [2.75, 3.05) is 0 Å². The summed E-state index contributed by atoms with van der Waals surface area (Å²) in [5.41, 5.74) is 0. The van der Waals surface area contributed by atoms with Crippen LogP contribution in [0, 0.1) is 0 Å². The molecule has 1 aromatic rings. The van der Waals surface area contributed by atoms with Gasteiger partial charge in [0.1, 0.15) is 5.78 Å². The molecule has 0 aromatic carbocycles. The SMILES string of the molecule is CCCCCCCCCCCCCCCC(=O)CCn1cccc1. The number of carbonyl (C=O) groups is 1. The molecule has 24 heavy (non-hydrogen) atoms. The Morgan fingerprint density at radius 1 is 0.667 bits per heavy atom. The van der Waals surface area contributed by atoms with Crippen molar-refractivity contribution < 1.29 is 4.79 Å². The van der Waals surface area contributed by atoms with E-state index < -0.39 is 0 Å². The number of unbranched alkanes of at least 4 members (excludes halogenated alkanes) is 12. The Morgan fingerprint density at radius 2 is 1.12 bits per heavy atom. The van der Waals surface area contributed by atoms with Crippen molar-refractivity contribution in [3.05, 3.63) is 24.5 Å². The Balaban J connectivity index is 1.76. The molecule has 0 N–H and O–H groups in total. The molecule has 0 aliphatic carbocycles. The fraction of sp³-hybridized carbons (Fsp3) is 0.773. The minimum Gasteiger partial charge on any atom is -0.354 e. The second-order valence-electron chi connectivity index (χ2n) is 7.20. The van der Waals surface area contributed by atoms with Crippen molar-refractivity contribution >= 4 is 5.78 Å². The van der Waals surface area contributed by atoms with Gasteiger partial charge >= 0.3 is 0 Å². The number of nitrogens with zero attached hydrogens (tertiary/aromatic N) is 1. The van der Waals surface area contributed by atoms with E-state index in [0.29, 0.717) is 12.2 Å². The molecule has 0 amide bonds. The molecule has 0 saturated carbocycles. The van der Waals surface area contributed by atoms with Crippen molar-refractivity contribution in [2.45, 2.75) is 110 Å². The van der Waals surface area contributed by atoms with Gasteiger partial charge in [0.25, 0.3) is 0 Å². The topological polar surface area (TPSA) is 22.0 Å². The minimum atomic E-state index is 0.423. The molecule has 0 bridgehead atoms. The zero-order valence-electron chi connectivity index (χ0n) is 16.0. The number of carbonyl (C=O) groups excluding carboxylic acids is 1. The van der Waals surface area contributed by atoms with Gasteiger partial charge < -0.3 is 4.57 Å². The van der Waals surface area contributed by atoms with Gasteiger partial charge in [-0.25, -0.2) is 0 Å². The van der Waals surface area contributed by atoms with E-state index >= 15 is 0 Å². The normalized spacial score (nSPS) is 11.0. The Labute approximate surface area is 150 Å². The van der Waals surface area contributed by atoms with Crippen molar-refractivity contribution in [1.29, 1.82) is 0 Å². The van der Waals surface area contributed by atoms with Crippen LogP contribution >= 0.6 is 0 Å². The fourth-order valence-corrected chi connectivity index (χ4v) is 3.24. The molecule has 0 saturated heterocycles. The van der Waals surface area contributed by atoms with E-state index in [-0.39, 0.29) is 0 Å². The lowest BCUT2D eigenvalue weighted by atomic mass is 10.0. The molecule has 138 valence electrons. The summed E-state index contributed by atoms with van der Waals surface area (Å²) in [6.45, 7) is 3.12. The lowest BCUT2D eigenvalue weighted by Crippen LogP contribution is -2.03. The zero-order chi connectivity index (χ0) is 17.3. The van der Waals surface area contributed by atoms with Crippen LogP contribution in [0.5, 0.6) is 0 Å². The average Bonchev–Trinajstić information content (AvgIpc) is 3.10. The van der Waals surface area contributed by atoms with E-state index in [2.05, 4.69) is 11.5 Å². The summed E-state index contributed by atoms with van der Waals surface area (Å²) in [6.07, 6.45) is 23.2. The number of rotatable bonds is 17. The van der Waals surface area contributed by atoms with E-state index in [1.54, 1.807) is 0 Å². The summed E-state index contributed by atoms with van der Waals surface area (Å²) in [4.78, 5) is 11.8. The summed E-state index contributed by atoms with van der Waals surface area (Å²) in [6, 6.07) is 4.02. The highest BCUT2D eigenvalue weighted by Crippen LogP contribution is 2.13. The molecule has 0 aliphatic rings. The van der Waals surface area contributed by atoms with Crippen molar-refractivity contribution in [3.63, 3.8) is 0 Å². The Hall–Kier alpha value is -1.05. The number of ketones is 1. The summed E-state index contributed by atoms with van der Waals surface area (Å²) >= 11 is 0. The molecule has 1 rings (SSSR count). The summed E-state index contributed by atoms with van der Waals surface area (Å²) < 4.78 is 2.09. The number of aromatic nitrogens is 1. The third-order valence-electron chi connectivity index (χ3n) is 4.87. The van der Waals surface area contributed by atoms with Crippen LogP contribution in [0.1, 0.15) is 103 Å². The van der Waals surface area contributed by atoms with Gasteiger partial charge in [-0.1, -0.05) is 84.0 Å². The maximum atomic E-state index is 11.8. The van der Waals surface area contributed by atoms with Crippen molar-refractivity contribution in [2.24, 2.45) is 0 Å². The molecular weight excluding hydrogens is 294 g/mol. The molecular formula is C22H39NO. The molecule has 2 heteroatoms. The minimum absolute atomic E-state index is 0.423. The molecule has 1 aromatic heterocycles. The first-order valence-electron chi connectivity index (χ1n) is 10.5. The van der Waals surface area contributed by atoms with E-state index in [0.717, 1.165) is 19.4 Å². The van der Waals surface area contributed by atoms with Crippen LogP contribution in [0.25, 0.3) is 0 Å². The Morgan fingerprint density at radius 3 is 1.62 bits per heavy atom. The van der Waals surface area contributed by atoms with Gasteiger partial charge in [-0.3, -0.25) is 4.79 Å². The Bertz CT molecular complexity index is 383. The van der Waals surface area contributed by atoms with Crippen LogP contribution in [0.2, 0.25) is 0 Å². The standard InChI is InChI=1S/C22H39NO/c1-2-3-4-5-6-7-8-9-10-11-12-13-14-17-22(24)18-21-23-19-15-16-20-23/h15-16,19-20H,2-14,17-18,21H2,1H3. The van der Waals surface area contributed by atoms with Crippen molar-refractivity contribution in [3.8, 4) is 0 Å². The summed E-state index contributed by atoms with van der Waals surface area (Å²) in [7, 11) is 0. The Kier molecular flexibility index (Phi) is 13.5. The number of aryl methyl sites for hydroxylation is 1. The highest BCUT2D eigenvalue weighted by Gasteiger charge is 2.02. The molecule has 1 heterocycles. The molecule has 0 unspecified atom stereocenters. The lowest BCUT2D eigenvalue weighted by Gasteiger charge is -2.04. The third-order valence-corrected chi connectivity index (χ3v) is 4.87. The highest BCUT2D eigenvalue weighted by molar-refractivity contribution is 5.78. The van der Waals surface area contributed by atoms with Gasteiger partial charge in [0, 0.05) is 31.8 Å². The van der Waals surface area contributed by atoms with Gasteiger partial charge in [-0.15, -0.1) is 0 Å². The average molecular weight is 334 g/mol. The predicted molar refractivity (Wildman–Crippen MR) is 104 cm³/mol. The van der Waals surface area contributed by atoms with Gasteiger partial charge in [0.15, 0.2) is 0 Å². The lowest BCUT2D eigenvalue weighted by molar-refractivity contribution is -0.119. The van der Waals surface area contributed by atoms with Crippen LogP contribution in [-0.2, 0) is 11.3 Å². The number of Topliss-reactive ketones (excluding diaryl/α,β-unsaturated/α-hetero) is 1. The molecule has 0 radical (unpaired) electrons. The van der Waals surface area contributed by atoms with Gasteiger partial charge in [0.05, 0.1) is 0 Å². The smallest absolute Gasteiger partial charge is 0.134 e. The van der Waals surface area contributed by atoms with E-state index in [4.69, 9.17) is 0 Å². The third kappa shape index (κ3) is 12.4. The predicted octanol–water partition coefficient (Wildman–Crippen LogP) is 6.93. The van der Waals surface area contributed by atoms with Gasteiger partial charge in [0.2, 0.25) is 0 Å². The van der Waals surface area contributed by atoms with Crippen LogP contribution in [0.3, 0.4) is 0 Å². The molecule has 2 nitrogen and oxygen atoms in total. The first kappa shape index (κ1) is 21.0. The van der Waals surface area contributed by atoms with Crippen molar-refractivity contribution in [1.82, 2.24) is 4.57 Å².